The normalized spacial score (nSPS) is 23.4. The summed E-state index contributed by atoms with van der Waals surface area (Å²) >= 11 is 0. The van der Waals surface area contributed by atoms with E-state index in [0.717, 1.165) is 19.4 Å². The van der Waals surface area contributed by atoms with Crippen molar-refractivity contribution < 1.29 is 9.90 Å². The number of hydrogen-bond donors (Lipinski definition) is 2. The Morgan fingerprint density at radius 3 is 2.84 bits per heavy atom. The van der Waals surface area contributed by atoms with Crippen LogP contribution in [0.2, 0.25) is 0 Å². The van der Waals surface area contributed by atoms with Gasteiger partial charge < -0.3 is 15.7 Å². The molecule has 1 fully saturated rings. The standard InChI is InChI=1S/C15H22N2O2/c1-11-6-7-12(9-16)10-17(11)15(19)8-13-4-2-3-5-14(13)18/h2-5,11-12,18H,6-10,16H2,1H3. The first-order valence-electron chi connectivity index (χ1n) is 6.88. The number of nitrogens with two attached hydrogens (primary N) is 1. The van der Waals surface area contributed by atoms with Crippen LogP contribution >= 0.6 is 0 Å². The Kier molecular flexibility index (Phi) is 4.43. The summed E-state index contributed by atoms with van der Waals surface area (Å²) < 4.78 is 0. The van der Waals surface area contributed by atoms with Gasteiger partial charge in [-0.1, -0.05) is 18.2 Å². The number of para-hydroxylation sites is 1. The summed E-state index contributed by atoms with van der Waals surface area (Å²) in [5.41, 5.74) is 6.40. The maximum absolute atomic E-state index is 12.4. The number of carbonyl (C=O) groups excluding carboxylic acids is 1. The van der Waals surface area contributed by atoms with Gasteiger partial charge in [0.1, 0.15) is 5.75 Å². The van der Waals surface area contributed by atoms with Crippen molar-refractivity contribution in [3.05, 3.63) is 29.8 Å². The second-order valence-electron chi connectivity index (χ2n) is 5.38. The highest BCUT2D eigenvalue weighted by molar-refractivity contribution is 5.79. The zero-order valence-electron chi connectivity index (χ0n) is 11.4. The van der Waals surface area contributed by atoms with Crippen LogP contribution in [-0.4, -0.2) is 35.0 Å². The van der Waals surface area contributed by atoms with Crippen LogP contribution in [-0.2, 0) is 11.2 Å². The highest BCUT2D eigenvalue weighted by Crippen LogP contribution is 2.23. The van der Waals surface area contributed by atoms with Crippen molar-refractivity contribution in [1.29, 1.82) is 0 Å². The molecule has 4 nitrogen and oxygen atoms in total. The zero-order valence-corrected chi connectivity index (χ0v) is 11.4. The van der Waals surface area contributed by atoms with Gasteiger partial charge in [0.05, 0.1) is 6.42 Å². The predicted molar refractivity (Wildman–Crippen MR) is 74.8 cm³/mol. The van der Waals surface area contributed by atoms with E-state index in [-0.39, 0.29) is 24.1 Å². The van der Waals surface area contributed by atoms with E-state index in [9.17, 15) is 9.90 Å². The van der Waals surface area contributed by atoms with Gasteiger partial charge in [0, 0.05) is 18.2 Å². The van der Waals surface area contributed by atoms with E-state index in [0.29, 0.717) is 18.0 Å². The lowest BCUT2D eigenvalue weighted by Gasteiger charge is -2.37. The number of phenols is 1. The molecule has 3 N–H and O–H groups in total. The Labute approximate surface area is 114 Å². The monoisotopic (exact) mass is 262 g/mol. The van der Waals surface area contributed by atoms with E-state index < -0.39 is 0 Å². The Balaban J connectivity index is 2.04. The summed E-state index contributed by atoms with van der Waals surface area (Å²) in [7, 11) is 0. The largest absolute Gasteiger partial charge is 0.508 e. The lowest BCUT2D eigenvalue weighted by Crippen LogP contribution is -2.47. The van der Waals surface area contributed by atoms with Gasteiger partial charge >= 0.3 is 0 Å². The lowest BCUT2D eigenvalue weighted by molar-refractivity contribution is -0.134. The van der Waals surface area contributed by atoms with Crippen LogP contribution < -0.4 is 5.73 Å². The number of rotatable bonds is 3. The number of nitrogens with zero attached hydrogens (tertiary/aromatic N) is 1. The number of aromatic hydroxyl groups is 1. The SMILES string of the molecule is CC1CCC(CN)CN1C(=O)Cc1ccccc1O. The van der Waals surface area contributed by atoms with Gasteiger partial charge in [-0.3, -0.25) is 4.79 Å². The molecule has 1 aliphatic rings. The summed E-state index contributed by atoms with van der Waals surface area (Å²) in [6, 6.07) is 7.27. The van der Waals surface area contributed by atoms with Crippen molar-refractivity contribution >= 4 is 5.91 Å². The third kappa shape index (κ3) is 3.26. The average Bonchev–Trinajstić information content (AvgIpc) is 2.42. The minimum Gasteiger partial charge on any atom is -0.508 e. The molecule has 1 amide bonds. The number of piperidine rings is 1. The second-order valence-corrected chi connectivity index (χ2v) is 5.38. The van der Waals surface area contributed by atoms with Crippen molar-refractivity contribution in [3.8, 4) is 5.75 Å². The summed E-state index contributed by atoms with van der Waals surface area (Å²) in [5.74, 6) is 0.674. The molecule has 1 aromatic carbocycles. The highest BCUT2D eigenvalue weighted by Gasteiger charge is 2.28. The molecule has 0 spiro atoms. The molecule has 2 rings (SSSR count). The molecule has 2 unspecified atom stereocenters. The number of benzene rings is 1. The molecular weight excluding hydrogens is 240 g/mol. The maximum Gasteiger partial charge on any atom is 0.227 e. The van der Waals surface area contributed by atoms with E-state index in [1.54, 1.807) is 18.2 Å². The van der Waals surface area contributed by atoms with Crippen molar-refractivity contribution in [1.82, 2.24) is 4.90 Å². The van der Waals surface area contributed by atoms with Gasteiger partial charge in [-0.2, -0.15) is 0 Å². The molecule has 1 aliphatic heterocycles. The summed E-state index contributed by atoms with van der Waals surface area (Å²) in [6.45, 7) is 3.45. The van der Waals surface area contributed by atoms with E-state index in [2.05, 4.69) is 6.92 Å². The van der Waals surface area contributed by atoms with Crippen LogP contribution in [0.4, 0.5) is 0 Å². The molecule has 2 atom stereocenters. The van der Waals surface area contributed by atoms with Gasteiger partial charge in [0.15, 0.2) is 0 Å². The predicted octanol–water partition coefficient (Wildman–Crippen LogP) is 1.52. The molecule has 4 heteroatoms. The molecule has 104 valence electrons. The molecule has 0 bridgehead atoms. The van der Waals surface area contributed by atoms with Crippen LogP contribution in [0.15, 0.2) is 24.3 Å². The van der Waals surface area contributed by atoms with Gasteiger partial charge in [0.25, 0.3) is 0 Å². The van der Waals surface area contributed by atoms with Gasteiger partial charge in [0.2, 0.25) is 5.91 Å². The first kappa shape index (κ1) is 13.9. The van der Waals surface area contributed by atoms with Crippen molar-refractivity contribution in [2.24, 2.45) is 11.7 Å². The van der Waals surface area contributed by atoms with E-state index in [4.69, 9.17) is 5.73 Å². The molecule has 0 radical (unpaired) electrons. The Morgan fingerprint density at radius 2 is 2.16 bits per heavy atom. The molecule has 1 heterocycles. The molecule has 0 aromatic heterocycles. The summed E-state index contributed by atoms with van der Waals surface area (Å²) in [5, 5.41) is 9.73. The third-order valence-electron chi connectivity index (χ3n) is 3.97. The minimum absolute atomic E-state index is 0.0761. The average molecular weight is 262 g/mol. The van der Waals surface area contributed by atoms with Gasteiger partial charge in [-0.25, -0.2) is 0 Å². The second kappa shape index (κ2) is 6.06. The molecule has 19 heavy (non-hydrogen) atoms. The Hall–Kier alpha value is -1.55. The molecule has 1 saturated heterocycles. The molecular formula is C15H22N2O2. The summed E-state index contributed by atoms with van der Waals surface area (Å²) in [4.78, 5) is 14.3. The number of carbonyl (C=O) groups is 1. The van der Waals surface area contributed by atoms with Gasteiger partial charge in [-0.15, -0.1) is 0 Å². The zero-order chi connectivity index (χ0) is 13.8. The van der Waals surface area contributed by atoms with Crippen molar-refractivity contribution in [2.45, 2.75) is 32.2 Å². The summed E-state index contributed by atoms with van der Waals surface area (Å²) in [6.07, 6.45) is 2.36. The molecule has 0 saturated carbocycles. The van der Waals surface area contributed by atoms with Crippen molar-refractivity contribution in [2.75, 3.05) is 13.1 Å². The molecule has 0 aliphatic carbocycles. The number of hydrogen-bond acceptors (Lipinski definition) is 3. The fourth-order valence-electron chi connectivity index (χ4n) is 2.65. The topological polar surface area (TPSA) is 66.6 Å². The number of likely N-dealkylation sites (tertiary alicyclic amines) is 1. The minimum atomic E-state index is 0.0761. The van der Waals surface area contributed by atoms with E-state index in [1.165, 1.54) is 0 Å². The highest BCUT2D eigenvalue weighted by atomic mass is 16.3. The van der Waals surface area contributed by atoms with Crippen LogP contribution in [0.25, 0.3) is 0 Å². The van der Waals surface area contributed by atoms with Crippen LogP contribution in [0.1, 0.15) is 25.3 Å². The smallest absolute Gasteiger partial charge is 0.227 e. The van der Waals surface area contributed by atoms with E-state index in [1.807, 2.05) is 11.0 Å². The Morgan fingerprint density at radius 1 is 1.42 bits per heavy atom. The van der Waals surface area contributed by atoms with Crippen LogP contribution in [0, 0.1) is 5.92 Å². The quantitative estimate of drug-likeness (QED) is 0.868. The van der Waals surface area contributed by atoms with Gasteiger partial charge in [-0.05, 0) is 38.3 Å². The third-order valence-corrected chi connectivity index (χ3v) is 3.97. The van der Waals surface area contributed by atoms with Crippen molar-refractivity contribution in [3.63, 3.8) is 0 Å². The van der Waals surface area contributed by atoms with Crippen LogP contribution in [0.3, 0.4) is 0 Å². The number of phenolic OH excluding ortho intramolecular Hbond substituents is 1. The maximum atomic E-state index is 12.4. The van der Waals surface area contributed by atoms with E-state index >= 15 is 0 Å². The Bertz CT molecular complexity index is 448. The molecule has 1 aromatic rings. The fraction of sp³-hybridized carbons (Fsp3) is 0.533. The number of amides is 1. The first-order valence-corrected chi connectivity index (χ1v) is 6.88. The lowest BCUT2D eigenvalue weighted by atomic mass is 9.93. The first-order chi connectivity index (χ1) is 9.11. The fourth-order valence-corrected chi connectivity index (χ4v) is 2.65. The van der Waals surface area contributed by atoms with Crippen LogP contribution in [0.5, 0.6) is 5.75 Å².